The van der Waals surface area contributed by atoms with Gasteiger partial charge in [-0.2, -0.15) is 11.8 Å². The van der Waals surface area contributed by atoms with Gasteiger partial charge in [-0.25, -0.2) is 0 Å². The van der Waals surface area contributed by atoms with Crippen molar-refractivity contribution in [2.75, 3.05) is 25.1 Å². The topological polar surface area (TPSA) is 40.5 Å². The normalized spacial score (nSPS) is 27.9. The fourth-order valence-corrected chi connectivity index (χ4v) is 2.61. The number of aliphatic carboxylic acids is 1. The standard InChI is InChI=1S/C11H21NO2S/c1-3-9-4-5-12(6-7-15-2)10(8-9)11(13)14/h9-10H,3-8H2,1-2H3,(H,13,14). The number of hydrogen-bond acceptors (Lipinski definition) is 3. The first kappa shape index (κ1) is 12.8. The van der Waals surface area contributed by atoms with Crippen molar-refractivity contribution in [3.63, 3.8) is 0 Å². The van der Waals surface area contributed by atoms with Crippen molar-refractivity contribution in [3.8, 4) is 0 Å². The van der Waals surface area contributed by atoms with Crippen molar-refractivity contribution in [1.29, 1.82) is 0 Å². The van der Waals surface area contributed by atoms with Crippen LogP contribution < -0.4 is 0 Å². The molecule has 0 aromatic heterocycles. The third-order valence-corrected chi connectivity index (χ3v) is 3.86. The van der Waals surface area contributed by atoms with E-state index >= 15 is 0 Å². The van der Waals surface area contributed by atoms with Crippen LogP contribution in [0.25, 0.3) is 0 Å². The molecule has 0 amide bonds. The molecular weight excluding hydrogens is 210 g/mol. The quantitative estimate of drug-likeness (QED) is 0.785. The van der Waals surface area contributed by atoms with Crippen molar-refractivity contribution >= 4 is 17.7 Å². The number of likely N-dealkylation sites (tertiary alicyclic amines) is 1. The van der Waals surface area contributed by atoms with Crippen LogP contribution in [-0.4, -0.2) is 47.1 Å². The van der Waals surface area contributed by atoms with Crippen LogP contribution in [0.5, 0.6) is 0 Å². The van der Waals surface area contributed by atoms with E-state index in [2.05, 4.69) is 18.1 Å². The Balaban J connectivity index is 2.51. The van der Waals surface area contributed by atoms with E-state index < -0.39 is 5.97 Å². The number of thioether (sulfide) groups is 1. The molecule has 1 fully saturated rings. The highest BCUT2D eigenvalue weighted by Crippen LogP contribution is 2.25. The highest BCUT2D eigenvalue weighted by Gasteiger charge is 2.31. The van der Waals surface area contributed by atoms with Crippen LogP contribution in [0, 0.1) is 5.92 Å². The van der Waals surface area contributed by atoms with E-state index in [-0.39, 0.29) is 6.04 Å². The monoisotopic (exact) mass is 231 g/mol. The molecule has 1 N–H and O–H groups in total. The Morgan fingerprint density at radius 1 is 1.60 bits per heavy atom. The van der Waals surface area contributed by atoms with Crippen molar-refractivity contribution in [1.82, 2.24) is 4.90 Å². The van der Waals surface area contributed by atoms with Crippen molar-refractivity contribution < 1.29 is 9.90 Å². The second-order valence-corrected chi connectivity index (χ2v) is 5.17. The minimum atomic E-state index is -0.644. The molecule has 3 nitrogen and oxygen atoms in total. The second kappa shape index (κ2) is 6.38. The zero-order valence-corrected chi connectivity index (χ0v) is 10.4. The van der Waals surface area contributed by atoms with Gasteiger partial charge in [-0.15, -0.1) is 0 Å². The summed E-state index contributed by atoms with van der Waals surface area (Å²) in [4.78, 5) is 13.3. The maximum atomic E-state index is 11.1. The van der Waals surface area contributed by atoms with Gasteiger partial charge in [-0.05, 0) is 31.6 Å². The lowest BCUT2D eigenvalue weighted by Gasteiger charge is -2.36. The summed E-state index contributed by atoms with van der Waals surface area (Å²) < 4.78 is 0. The zero-order valence-electron chi connectivity index (χ0n) is 9.61. The van der Waals surface area contributed by atoms with Gasteiger partial charge in [-0.3, -0.25) is 9.69 Å². The van der Waals surface area contributed by atoms with Gasteiger partial charge in [-0.1, -0.05) is 13.3 Å². The molecule has 1 heterocycles. The van der Waals surface area contributed by atoms with Gasteiger partial charge >= 0.3 is 5.97 Å². The average Bonchev–Trinajstić information content (AvgIpc) is 2.26. The summed E-state index contributed by atoms with van der Waals surface area (Å²) in [6.45, 7) is 4.02. The van der Waals surface area contributed by atoms with Gasteiger partial charge in [0.1, 0.15) is 6.04 Å². The first-order chi connectivity index (χ1) is 7.19. The Labute approximate surface area is 96.2 Å². The van der Waals surface area contributed by atoms with Crippen LogP contribution in [0.4, 0.5) is 0 Å². The largest absolute Gasteiger partial charge is 0.480 e. The minimum absolute atomic E-state index is 0.240. The molecule has 4 heteroatoms. The number of carbonyl (C=O) groups is 1. The first-order valence-corrected chi connectivity index (χ1v) is 7.04. The molecule has 2 atom stereocenters. The summed E-state index contributed by atoms with van der Waals surface area (Å²) in [7, 11) is 0. The number of piperidine rings is 1. The van der Waals surface area contributed by atoms with E-state index in [1.807, 2.05) is 0 Å². The number of nitrogens with zero attached hydrogens (tertiary/aromatic N) is 1. The van der Waals surface area contributed by atoms with E-state index in [9.17, 15) is 9.90 Å². The Morgan fingerprint density at radius 3 is 2.87 bits per heavy atom. The van der Waals surface area contributed by atoms with Gasteiger partial charge in [0.25, 0.3) is 0 Å². The summed E-state index contributed by atoms with van der Waals surface area (Å²) in [6, 6.07) is -0.240. The molecule has 0 spiro atoms. The van der Waals surface area contributed by atoms with Crippen molar-refractivity contribution in [2.45, 2.75) is 32.2 Å². The second-order valence-electron chi connectivity index (χ2n) is 4.18. The van der Waals surface area contributed by atoms with Crippen LogP contribution in [0.2, 0.25) is 0 Å². The minimum Gasteiger partial charge on any atom is -0.480 e. The van der Waals surface area contributed by atoms with Crippen LogP contribution in [0.1, 0.15) is 26.2 Å². The molecule has 1 saturated heterocycles. The predicted molar refractivity (Wildman–Crippen MR) is 64.4 cm³/mol. The molecule has 0 aliphatic carbocycles. The lowest BCUT2D eigenvalue weighted by Crippen LogP contribution is -2.47. The van der Waals surface area contributed by atoms with E-state index in [0.717, 1.165) is 38.1 Å². The van der Waals surface area contributed by atoms with Crippen molar-refractivity contribution in [2.24, 2.45) is 5.92 Å². The predicted octanol–water partition coefficient (Wildman–Crippen LogP) is 1.92. The smallest absolute Gasteiger partial charge is 0.320 e. The van der Waals surface area contributed by atoms with E-state index in [0.29, 0.717) is 5.92 Å². The third kappa shape index (κ3) is 3.68. The van der Waals surface area contributed by atoms with Gasteiger partial charge in [0.2, 0.25) is 0 Å². The highest BCUT2D eigenvalue weighted by atomic mass is 32.2. The Morgan fingerprint density at radius 2 is 2.33 bits per heavy atom. The summed E-state index contributed by atoms with van der Waals surface area (Å²) in [6.07, 6.45) is 5.17. The van der Waals surface area contributed by atoms with Crippen LogP contribution in [-0.2, 0) is 4.79 Å². The molecule has 15 heavy (non-hydrogen) atoms. The van der Waals surface area contributed by atoms with Gasteiger partial charge in [0, 0.05) is 12.3 Å². The van der Waals surface area contributed by atoms with Gasteiger partial charge in [0.05, 0.1) is 0 Å². The number of carboxylic acids is 1. The Kier molecular flexibility index (Phi) is 5.47. The molecule has 1 aliphatic rings. The fourth-order valence-electron chi connectivity index (χ4n) is 2.19. The molecule has 0 saturated carbocycles. The van der Waals surface area contributed by atoms with Crippen LogP contribution in [0.3, 0.4) is 0 Å². The van der Waals surface area contributed by atoms with Gasteiger partial charge < -0.3 is 5.11 Å². The summed E-state index contributed by atoms with van der Waals surface area (Å²) in [5.41, 5.74) is 0. The molecule has 88 valence electrons. The Hall–Kier alpha value is -0.220. The average molecular weight is 231 g/mol. The van der Waals surface area contributed by atoms with Crippen LogP contribution >= 0.6 is 11.8 Å². The molecule has 0 aromatic rings. The molecular formula is C11H21NO2S. The summed E-state index contributed by atoms with van der Waals surface area (Å²) in [5, 5.41) is 9.17. The summed E-state index contributed by atoms with van der Waals surface area (Å²) >= 11 is 1.78. The molecule has 1 aliphatic heterocycles. The summed E-state index contributed by atoms with van der Waals surface area (Å²) in [5.74, 6) is 0.992. The molecule has 2 unspecified atom stereocenters. The number of carboxylic acid groups (broad SMARTS) is 1. The lowest BCUT2D eigenvalue weighted by atomic mass is 9.89. The fraction of sp³-hybridized carbons (Fsp3) is 0.909. The Bertz CT molecular complexity index is 211. The number of rotatable bonds is 5. The first-order valence-electron chi connectivity index (χ1n) is 5.64. The van der Waals surface area contributed by atoms with E-state index in [4.69, 9.17) is 0 Å². The third-order valence-electron chi connectivity index (χ3n) is 3.27. The molecule has 0 bridgehead atoms. The zero-order chi connectivity index (χ0) is 11.3. The molecule has 0 radical (unpaired) electrons. The van der Waals surface area contributed by atoms with Gasteiger partial charge in [0.15, 0.2) is 0 Å². The SMILES string of the molecule is CCC1CCN(CCSC)C(C(=O)O)C1. The molecule has 0 aromatic carbocycles. The van der Waals surface area contributed by atoms with E-state index in [1.54, 1.807) is 11.8 Å². The lowest BCUT2D eigenvalue weighted by molar-refractivity contribution is -0.145. The number of hydrogen-bond donors (Lipinski definition) is 1. The maximum Gasteiger partial charge on any atom is 0.320 e. The maximum absolute atomic E-state index is 11.1. The highest BCUT2D eigenvalue weighted by molar-refractivity contribution is 7.98. The van der Waals surface area contributed by atoms with E-state index in [1.165, 1.54) is 0 Å². The van der Waals surface area contributed by atoms with Crippen LogP contribution in [0.15, 0.2) is 0 Å². The molecule has 1 rings (SSSR count). The van der Waals surface area contributed by atoms with Crippen molar-refractivity contribution in [3.05, 3.63) is 0 Å².